The highest BCUT2D eigenvalue weighted by Gasteiger charge is 2.47. The van der Waals surface area contributed by atoms with Crippen LogP contribution in [-0.4, -0.2) is 48.3 Å². The standard InChI is InChI=1S/C18H26N2O2/c1-4-20(5-2)16(21)14-19(3)17(22)18(12-9-13-18)15-10-7-6-8-11-15/h6-8,10-11H,4-5,9,12-14H2,1-3H3. The molecule has 0 bridgehead atoms. The Kier molecular flexibility index (Phi) is 5.22. The molecule has 2 amide bonds. The molecule has 0 spiro atoms. The van der Waals surface area contributed by atoms with Crippen LogP contribution in [0.1, 0.15) is 38.7 Å². The molecule has 1 saturated carbocycles. The average Bonchev–Trinajstić information content (AvgIpc) is 2.48. The lowest BCUT2D eigenvalue weighted by atomic mass is 9.63. The van der Waals surface area contributed by atoms with Crippen molar-refractivity contribution in [3.63, 3.8) is 0 Å². The van der Waals surface area contributed by atoms with E-state index in [0.717, 1.165) is 24.8 Å². The van der Waals surface area contributed by atoms with E-state index in [-0.39, 0.29) is 18.4 Å². The zero-order valence-electron chi connectivity index (χ0n) is 13.8. The Morgan fingerprint density at radius 3 is 2.14 bits per heavy atom. The lowest BCUT2D eigenvalue weighted by Gasteiger charge is -2.43. The van der Waals surface area contributed by atoms with Crippen molar-refractivity contribution in [1.82, 2.24) is 9.80 Å². The van der Waals surface area contributed by atoms with Crippen LogP contribution in [0.15, 0.2) is 30.3 Å². The maximum absolute atomic E-state index is 12.9. The molecule has 0 atom stereocenters. The van der Waals surface area contributed by atoms with Gasteiger partial charge in [0.05, 0.1) is 12.0 Å². The van der Waals surface area contributed by atoms with E-state index in [1.807, 2.05) is 44.2 Å². The van der Waals surface area contributed by atoms with Crippen molar-refractivity contribution in [3.8, 4) is 0 Å². The third kappa shape index (κ3) is 3.01. The number of likely N-dealkylation sites (N-methyl/N-ethyl adjacent to an activating group) is 2. The molecule has 0 saturated heterocycles. The maximum Gasteiger partial charge on any atom is 0.242 e. The van der Waals surface area contributed by atoms with E-state index >= 15 is 0 Å². The number of carbonyl (C=O) groups is 2. The number of rotatable bonds is 6. The summed E-state index contributed by atoms with van der Waals surface area (Å²) in [5.41, 5.74) is 0.660. The second kappa shape index (κ2) is 6.95. The van der Waals surface area contributed by atoms with Crippen molar-refractivity contribution >= 4 is 11.8 Å². The predicted octanol–water partition coefficient (Wildman–Crippen LogP) is 2.44. The van der Waals surface area contributed by atoms with Gasteiger partial charge in [-0.1, -0.05) is 36.8 Å². The van der Waals surface area contributed by atoms with E-state index in [1.54, 1.807) is 16.8 Å². The van der Waals surface area contributed by atoms with Gasteiger partial charge in [-0.2, -0.15) is 0 Å². The van der Waals surface area contributed by atoms with Gasteiger partial charge in [-0.15, -0.1) is 0 Å². The van der Waals surface area contributed by atoms with Gasteiger partial charge in [-0.25, -0.2) is 0 Å². The van der Waals surface area contributed by atoms with Gasteiger partial charge in [0.2, 0.25) is 11.8 Å². The van der Waals surface area contributed by atoms with Crippen LogP contribution >= 0.6 is 0 Å². The van der Waals surface area contributed by atoms with Crippen molar-refractivity contribution in [2.45, 2.75) is 38.5 Å². The van der Waals surface area contributed by atoms with Crippen molar-refractivity contribution in [2.75, 3.05) is 26.7 Å². The molecule has 22 heavy (non-hydrogen) atoms. The monoisotopic (exact) mass is 302 g/mol. The summed E-state index contributed by atoms with van der Waals surface area (Å²) in [7, 11) is 1.74. The van der Waals surface area contributed by atoms with Gasteiger partial charge in [0.15, 0.2) is 0 Å². The molecule has 0 aliphatic heterocycles. The Bertz CT molecular complexity index is 519. The zero-order chi connectivity index (χ0) is 16.2. The second-order valence-electron chi connectivity index (χ2n) is 6.03. The van der Waals surface area contributed by atoms with E-state index in [4.69, 9.17) is 0 Å². The maximum atomic E-state index is 12.9. The number of carbonyl (C=O) groups excluding carboxylic acids is 2. The molecule has 1 aromatic carbocycles. The molecule has 1 aromatic rings. The lowest BCUT2D eigenvalue weighted by molar-refractivity contribution is -0.145. The third-order valence-corrected chi connectivity index (χ3v) is 4.78. The SMILES string of the molecule is CCN(CC)C(=O)CN(C)C(=O)C1(c2ccccc2)CCC1. The van der Waals surface area contributed by atoms with Gasteiger partial charge < -0.3 is 9.80 Å². The number of hydrogen-bond donors (Lipinski definition) is 0. The first-order chi connectivity index (χ1) is 10.5. The van der Waals surface area contributed by atoms with Crippen LogP contribution in [0.4, 0.5) is 0 Å². The minimum Gasteiger partial charge on any atom is -0.342 e. The Labute approximate surface area is 133 Å². The van der Waals surface area contributed by atoms with Crippen LogP contribution in [0.25, 0.3) is 0 Å². The Hall–Kier alpha value is -1.84. The minimum atomic E-state index is -0.417. The Balaban J connectivity index is 2.11. The average molecular weight is 302 g/mol. The van der Waals surface area contributed by atoms with Crippen LogP contribution in [-0.2, 0) is 15.0 Å². The molecule has 2 rings (SSSR count). The van der Waals surface area contributed by atoms with Crippen molar-refractivity contribution in [2.24, 2.45) is 0 Å². The van der Waals surface area contributed by atoms with Crippen LogP contribution in [0, 0.1) is 0 Å². The van der Waals surface area contributed by atoms with Gasteiger partial charge in [-0.3, -0.25) is 9.59 Å². The first kappa shape index (κ1) is 16.5. The molecule has 1 aliphatic carbocycles. The fourth-order valence-electron chi connectivity index (χ4n) is 3.23. The van der Waals surface area contributed by atoms with Crippen molar-refractivity contribution in [3.05, 3.63) is 35.9 Å². The number of benzene rings is 1. The molecule has 4 heteroatoms. The van der Waals surface area contributed by atoms with E-state index in [0.29, 0.717) is 13.1 Å². The summed E-state index contributed by atoms with van der Waals surface area (Å²) in [5, 5.41) is 0. The third-order valence-electron chi connectivity index (χ3n) is 4.78. The molecular weight excluding hydrogens is 276 g/mol. The van der Waals surface area contributed by atoms with Crippen LogP contribution < -0.4 is 0 Å². The molecule has 0 heterocycles. The molecule has 120 valence electrons. The van der Waals surface area contributed by atoms with E-state index in [9.17, 15) is 9.59 Å². The molecule has 0 radical (unpaired) electrons. The molecule has 0 aromatic heterocycles. The topological polar surface area (TPSA) is 40.6 Å². The first-order valence-electron chi connectivity index (χ1n) is 8.14. The summed E-state index contributed by atoms with van der Waals surface area (Å²) in [6.07, 6.45) is 2.82. The van der Waals surface area contributed by atoms with Crippen molar-refractivity contribution in [1.29, 1.82) is 0 Å². The van der Waals surface area contributed by atoms with Gasteiger partial charge >= 0.3 is 0 Å². The summed E-state index contributed by atoms with van der Waals surface area (Å²) < 4.78 is 0. The summed E-state index contributed by atoms with van der Waals surface area (Å²) in [5.74, 6) is 0.0915. The van der Waals surface area contributed by atoms with Crippen LogP contribution in [0.5, 0.6) is 0 Å². The van der Waals surface area contributed by atoms with Crippen LogP contribution in [0.3, 0.4) is 0 Å². The zero-order valence-corrected chi connectivity index (χ0v) is 13.8. The smallest absolute Gasteiger partial charge is 0.242 e. The quantitative estimate of drug-likeness (QED) is 0.810. The fourth-order valence-corrected chi connectivity index (χ4v) is 3.23. The predicted molar refractivity (Wildman–Crippen MR) is 87.5 cm³/mol. The highest BCUT2D eigenvalue weighted by Crippen LogP contribution is 2.44. The first-order valence-corrected chi connectivity index (χ1v) is 8.14. The second-order valence-corrected chi connectivity index (χ2v) is 6.03. The summed E-state index contributed by atoms with van der Waals surface area (Å²) in [6, 6.07) is 9.97. The molecule has 1 fully saturated rings. The van der Waals surface area contributed by atoms with Gasteiger partial charge in [0, 0.05) is 20.1 Å². The number of amides is 2. The summed E-state index contributed by atoms with van der Waals surface area (Å²) >= 11 is 0. The summed E-state index contributed by atoms with van der Waals surface area (Å²) in [6.45, 7) is 5.44. The molecular formula is C18H26N2O2. The normalized spacial score (nSPS) is 15.8. The van der Waals surface area contributed by atoms with Crippen LogP contribution in [0.2, 0.25) is 0 Å². The van der Waals surface area contributed by atoms with Gasteiger partial charge in [0.1, 0.15) is 0 Å². The molecule has 4 nitrogen and oxygen atoms in total. The molecule has 1 aliphatic rings. The van der Waals surface area contributed by atoms with E-state index in [1.165, 1.54) is 0 Å². The largest absolute Gasteiger partial charge is 0.342 e. The summed E-state index contributed by atoms with van der Waals surface area (Å²) in [4.78, 5) is 28.5. The highest BCUT2D eigenvalue weighted by molar-refractivity contribution is 5.92. The highest BCUT2D eigenvalue weighted by atomic mass is 16.2. The number of nitrogens with zero attached hydrogens (tertiary/aromatic N) is 2. The van der Waals surface area contributed by atoms with Gasteiger partial charge in [-0.05, 0) is 32.3 Å². The molecule has 0 unspecified atom stereocenters. The minimum absolute atomic E-state index is 0.0170. The van der Waals surface area contributed by atoms with E-state index < -0.39 is 5.41 Å². The lowest BCUT2D eigenvalue weighted by Crippen LogP contribution is -2.52. The Morgan fingerprint density at radius 2 is 1.68 bits per heavy atom. The Morgan fingerprint density at radius 1 is 1.09 bits per heavy atom. The van der Waals surface area contributed by atoms with E-state index in [2.05, 4.69) is 0 Å². The molecule has 0 N–H and O–H groups in total. The number of hydrogen-bond acceptors (Lipinski definition) is 2. The van der Waals surface area contributed by atoms with Gasteiger partial charge in [0.25, 0.3) is 0 Å². The fraction of sp³-hybridized carbons (Fsp3) is 0.556. The van der Waals surface area contributed by atoms with Crippen molar-refractivity contribution < 1.29 is 9.59 Å².